The first-order chi connectivity index (χ1) is 12.8. The van der Waals surface area contributed by atoms with E-state index in [1.54, 1.807) is 12.4 Å². The van der Waals surface area contributed by atoms with Crippen LogP contribution in [-0.4, -0.2) is 22.3 Å². The highest BCUT2D eigenvalue weighted by Crippen LogP contribution is 2.39. The second-order valence-corrected chi connectivity index (χ2v) is 8.72. The molecule has 1 saturated carbocycles. The number of hydrogen-bond acceptors (Lipinski definition) is 3. The number of carbonyl (C=O) groups is 1. The Labute approximate surface area is 161 Å². The molecule has 0 unspecified atom stereocenters. The van der Waals surface area contributed by atoms with Crippen LogP contribution in [-0.2, 0) is 4.79 Å². The third-order valence-corrected chi connectivity index (χ3v) is 5.71. The molecule has 5 heteroatoms. The Morgan fingerprint density at radius 2 is 1.85 bits per heavy atom. The number of amides is 1. The van der Waals surface area contributed by atoms with Crippen molar-refractivity contribution in [1.29, 1.82) is 0 Å². The summed E-state index contributed by atoms with van der Waals surface area (Å²) in [7, 11) is 0. The molecule has 1 aromatic heterocycles. The fourth-order valence-corrected chi connectivity index (χ4v) is 3.82. The van der Waals surface area contributed by atoms with E-state index >= 15 is 0 Å². The van der Waals surface area contributed by atoms with Gasteiger partial charge in [-0.05, 0) is 43.9 Å². The zero-order valence-corrected chi connectivity index (χ0v) is 16.7. The van der Waals surface area contributed by atoms with Crippen LogP contribution < -0.4 is 5.43 Å². The number of hydrogen-bond donors (Lipinski definition) is 2. The number of aryl methyl sites for hydroxylation is 1. The van der Waals surface area contributed by atoms with Crippen molar-refractivity contribution in [1.82, 2.24) is 15.6 Å². The van der Waals surface area contributed by atoms with Crippen molar-refractivity contribution in [2.75, 3.05) is 0 Å². The van der Waals surface area contributed by atoms with E-state index in [9.17, 15) is 4.79 Å². The number of nitrogens with zero attached hydrogens (tertiary/aromatic N) is 2. The van der Waals surface area contributed by atoms with Crippen molar-refractivity contribution in [2.45, 2.75) is 53.4 Å². The predicted octanol–water partition coefficient (Wildman–Crippen LogP) is 4.69. The number of H-pyrrole nitrogens is 1. The van der Waals surface area contributed by atoms with Gasteiger partial charge in [0.15, 0.2) is 0 Å². The molecule has 144 valence electrons. The zero-order valence-electron chi connectivity index (χ0n) is 16.7. The first-order valence-corrected chi connectivity index (χ1v) is 9.78. The third kappa shape index (κ3) is 4.85. The fraction of sp³-hybridized carbons (Fsp3) is 0.500. The lowest BCUT2D eigenvalue weighted by Gasteiger charge is -2.36. The molecule has 27 heavy (non-hydrogen) atoms. The lowest BCUT2D eigenvalue weighted by Crippen LogP contribution is -2.33. The molecule has 1 heterocycles. The van der Waals surface area contributed by atoms with Gasteiger partial charge in [-0.1, -0.05) is 50.6 Å². The molecule has 1 aliphatic rings. The quantitative estimate of drug-likeness (QED) is 0.609. The lowest BCUT2D eigenvalue weighted by molar-refractivity contribution is -0.126. The summed E-state index contributed by atoms with van der Waals surface area (Å²) in [6.45, 7) is 8.93. The molecule has 0 atom stereocenters. The van der Waals surface area contributed by atoms with Gasteiger partial charge in [-0.3, -0.25) is 9.89 Å². The smallest absolute Gasteiger partial charge is 0.243 e. The van der Waals surface area contributed by atoms with Crippen molar-refractivity contribution < 1.29 is 4.79 Å². The highest BCUT2D eigenvalue weighted by Gasteiger charge is 2.32. The molecule has 0 saturated heterocycles. The summed E-state index contributed by atoms with van der Waals surface area (Å²) in [4.78, 5) is 12.4. The largest absolute Gasteiger partial charge is 0.277 e. The van der Waals surface area contributed by atoms with Gasteiger partial charge in [-0.25, -0.2) is 5.43 Å². The molecule has 1 amide bonds. The minimum atomic E-state index is 0.0268. The summed E-state index contributed by atoms with van der Waals surface area (Å²) in [6, 6.07) is 8.22. The second-order valence-electron chi connectivity index (χ2n) is 8.72. The van der Waals surface area contributed by atoms with E-state index in [0.29, 0.717) is 11.3 Å². The van der Waals surface area contributed by atoms with Crippen molar-refractivity contribution in [2.24, 2.45) is 22.4 Å². The van der Waals surface area contributed by atoms with E-state index in [0.717, 1.165) is 42.5 Å². The summed E-state index contributed by atoms with van der Waals surface area (Å²) < 4.78 is 0. The minimum absolute atomic E-state index is 0.0268. The Kier molecular flexibility index (Phi) is 5.78. The lowest BCUT2D eigenvalue weighted by atomic mass is 9.70. The molecule has 0 spiro atoms. The van der Waals surface area contributed by atoms with Crippen LogP contribution in [0.4, 0.5) is 0 Å². The van der Waals surface area contributed by atoms with Crippen molar-refractivity contribution in [3.05, 3.63) is 41.6 Å². The summed E-state index contributed by atoms with van der Waals surface area (Å²) in [5.74, 6) is 0.800. The summed E-state index contributed by atoms with van der Waals surface area (Å²) in [5.41, 5.74) is 7.06. The first-order valence-electron chi connectivity index (χ1n) is 9.78. The number of benzene rings is 1. The molecule has 0 bridgehead atoms. The van der Waals surface area contributed by atoms with E-state index < -0.39 is 0 Å². The molecule has 0 aliphatic heterocycles. The Hall–Kier alpha value is -2.43. The van der Waals surface area contributed by atoms with E-state index in [-0.39, 0.29) is 11.8 Å². The van der Waals surface area contributed by atoms with Gasteiger partial charge in [0.25, 0.3) is 0 Å². The van der Waals surface area contributed by atoms with Crippen LogP contribution in [0.3, 0.4) is 0 Å². The van der Waals surface area contributed by atoms with Gasteiger partial charge >= 0.3 is 0 Å². The standard InChI is InChI=1S/C22H30N4O/c1-15-5-7-16(8-6-15)20-18(13-23-25-20)14-24-26-21(27)17-9-11-19(12-10-17)22(2,3)4/h5-8,13-14,17,19H,9-12H2,1-4H3,(H,23,25)(H,26,27)/b24-14-. The summed E-state index contributed by atoms with van der Waals surface area (Å²) in [6.07, 6.45) is 7.51. The molecule has 5 nitrogen and oxygen atoms in total. The van der Waals surface area contributed by atoms with Crippen molar-refractivity contribution >= 4 is 12.1 Å². The Balaban J connectivity index is 1.57. The summed E-state index contributed by atoms with van der Waals surface area (Å²) in [5, 5.41) is 11.3. The van der Waals surface area contributed by atoms with Gasteiger partial charge in [0.1, 0.15) is 0 Å². The van der Waals surface area contributed by atoms with Crippen LogP contribution in [0.5, 0.6) is 0 Å². The van der Waals surface area contributed by atoms with Gasteiger partial charge < -0.3 is 0 Å². The molecule has 2 N–H and O–H groups in total. The van der Waals surface area contributed by atoms with E-state index in [2.05, 4.69) is 60.6 Å². The van der Waals surface area contributed by atoms with Crippen LogP contribution >= 0.6 is 0 Å². The maximum Gasteiger partial charge on any atom is 0.243 e. The highest BCUT2D eigenvalue weighted by molar-refractivity contribution is 5.89. The monoisotopic (exact) mass is 366 g/mol. The van der Waals surface area contributed by atoms with E-state index in [4.69, 9.17) is 0 Å². The Morgan fingerprint density at radius 3 is 2.48 bits per heavy atom. The molecule has 2 aromatic rings. The van der Waals surface area contributed by atoms with Crippen molar-refractivity contribution in [3.8, 4) is 11.3 Å². The Morgan fingerprint density at radius 1 is 1.19 bits per heavy atom. The SMILES string of the molecule is Cc1ccc(-c2[nH]ncc2/C=N\NC(=O)C2CCC(C(C)(C)C)CC2)cc1. The van der Waals surface area contributed by atoms with Gasteiger partial charge in [-0.15, -0.1) is 0 Å². The molecular weight excluding hydrogens is 336 g/mol. The van der Waals surface area contributed by atoms with Gasteiger partial charge in [0, 0.05) is 17.0 Å². The molecule has 3 rings (SSSR count). The van der Waals surface area contributed by atoms with E-state index in [1.807, 2.05) is 12.1 Å². The van der Waals surface area contributed by atoms with Crippen LogP contribution in [0.15, 0.2) is 35.6 Å². The summed E-state index contributed by atoms with van der Waals surface area (Å²) >= 11 is 0. The number of nitrogens with one attached hydrogen (secondary N) is 2. The average molecular weight is 367 g/mol. The third-order valence-electron chi connectivity index (χ3n) is 5.71. The topological polar surface area (TPSA) is 70.1 Å². The van der Waals surface area contributed by atoms with Gasteiger partial charge in [0.05, 0.1) is 18.1 Å². The number of rotatable bonds is 4. The molecular formula is C22H30N4O. The minimum Gasteiger partial charge on any atom is -0.277 e. The van der Waals surface area contributed by atoms with Crippen LogP contribution in [0, 0.1) is 24.2 Å². The normalized spacial score (nSPS) is 20.7. The maximum absolute atomic E-state index is 12.4. The maximum atomic E-state index is 12.4. The molecule has 0 radical (unpaired) electrons. The zero-order chi connectivity index (χ0) is 19.4. The molecule has 1 aromatic carbocycles. The highest BCUT2D eigenvalue weighted by atomic mass is 16.2. The number of aromatic nitrogens is 2. The number of aromatic amines is 1. The second kappa shape index (κ2) is 8.07. The van der Waals surface area contributed by atoms with Crippen LogP contribution in [0.1, 0.15) is 57.6 Å². The molecule has 1 fully saturated rings. The van der Waals surface area contributed by atoms with Gasteiger partial charge in [-0.2, -0.15) is 10.2 Å². The van der Waals surface area contributed by atoms with E-state index in [1.165, 1.54) is 5.56 Å². The first kappa shape index (κ1) is 19.3. The van der Waals surface area contributed by atoms with Crippen LogP contribution in [0.2, 0.25) is 0 Å². The van der Waals surface area contributed by atoms with Crippen molar-refractivity contribution in [3.63, 3.8) is 0 Å². The number of carbonyl (C=O) groups excluding carboxylic acids is 1. The predicted molar refractivity (Wildman–Crippen MR) is 109 cm³/mol. The fourth-order valence-electron chi connectivity index (χ4n) is 3.82. The number of hydrazone groups is 1. The van der Waals surface area contributed by atoms with Crippen LogP contribution in [0.25, 0.3) is 11.3 Å². The van der Waals surface area contributed by atoms with Gasteiger partial charge in [0.2, 0.25) is 5.91 Å². The average Bonchev–Trinajstić information content (AvgIpc) is 3.10. The molecule has 1 aliphatic carbocycles. The Bertz CT molecular complexity index is 790.